The quantitative estimate of drug-likeness (QED) is 0.843. The number of hydrogen-bond acceptors (Lipinski definition) is 3. The van der Waals surface area contributed by atoms with Crippen LogP contribution in [0.2, 0.25) is 5.02 Å². The molecule has 0 aliphatic heterocycles. The van der Waals surface area contributed by atoms with Crippen molar-refractivity contribution in [2.45, 2.75) is 45.4 Å². The number of rotatable bonds is 6. The van der Waals surface area contributed by atoms with Gasteiger partial charge in [-0.25, -0.2) is 0 Å². The fourth-order valence-electron chi connectivity index (χ4n) is 1.59. The molecule has 0 aliphatic carbocycles. The second-order valence-electron chi connectivity index (χ2n) is 5.76. The van der Waals surface area contributed by atoms with Crippen LogP contribution < -0.4 is 5.32 Å². The Morgan fingerprint density at radius 3 is 2.37 bits per heavy atom. The van der Waals surface area contributed by atoms with Crippen LogP contribution in [0.5, 0.6) is 0 Å². The number of hydrogen-bond donors (Lipinski definition) is 2. The van der Waals surface area contributed by atoms with Crippen molar-refractivity contribution in [3.63, 3.8) is 0 Å². The highest BCUT2D eigenvalue weighted by Gasteiger charge is 2.14. The summed E-state index contributed by atoms with van der Waals surface area (Å²) in [5.41, 5.74) is 0.927. The Hall–Kier alpha value is -0.610. The maximum atomic E-state index is 9.84. The van der Waals surface area contributed by atoms with Gasteiger partial charge in [0.15, 0.2) is 0 Å². The first-order valence-corrected chi connectivity index (χ1v) is 6.96. The lowest BCUT2D eigenvalue weighted by atomic mass is 10.1. The molecule has 0 aromatic heterocycles. The molecule has 0 radical (unpaired) electrons. The van der Waals surface area contributed by atoms with E-state index in [1.54, 1.807) is 0 Å². The summed E-state index contributed by atoms with van der Waals surface area (Å²) in [6.45, 7) is 8.82. The van der Waals surface area contributed by atoms with E-state index in [0.29, 0.717) is 13.2 Å². The molecule has 0 saturated carbocycles. The zero-order valence-corrected chi connectivity index (χ0v) is 12.9. The Morgan fingerprint density at radius 1 is 1.26 bits per heavy atom. The van der Waals surface area contributed by atoms with Crippen molar-refractivity contribution in [1.29, 1.82) is 0 Å². The van der Waals surface area contributed by atoms with Gasteiger partial charge in [0.2, 0.25) is 0 Å². The van der Waals surface area contributed by atoms with E-state index in [0.717, 1.165) is 10.6 Å². The monoisotopic (exact) mass is 285 g/mol. The van der Waals surface area contributed by atoms with Crippen LogP contribution in [0.25, 0.3) is 0 Å². The van der Waals surface area contributed by atoms with Crippen molar-refractivity contribution in [2.75, 3.05) is 13.2 Å². The van der Waals surface area contributed by atoms with Crippen molar-refractivity contribution in [1.82, 2.24) is 5.32 Å². The normalized spacial score (nSPS) is 15.3. The molecule has 19 heavy (non-hydrogen) atoms. The molecular weight excluding hydrogens is 262 g/mol. The molecule has 3 nitrogen and oxygen atoms in total. The number of aliphatic hydroxyl groups excluding tert-OH is 1. The molecule has 1 rings (SSSR count). The standard InChI is InChI=1S/C15H24ClNO2/c1-11(12-5-7-13(16)8-6-12)17-9-14(18)10-19-15(2,3)4/h5-8,11,14,17-18H,9-10H2,1-4H3. The summed E-state index contributed by atoms with van der Waals surface area (Å²) in [6, 6.07) is 7.87. The summed E-state index contributed by atoms with van der Waals surface area (Å²) in [5, 5.41) is 13.9. The molecule has 108 valence electrons. The summed E-state index contributed by atoms with van der Waals surface area (Å²) >= 11 is 5.85. The lowest BCUT2D eigenvalue weighted by Gasteiger charge is -2.23. The van der Waals surface area contributed by atoms with Gasteiger partial charge in [0.1, 0.15) is 0 Å². The SMILES string of the molecule is CC(NCC(O)COC(C)(C)C)c1ccc(Cl)cc1. The van der Waals surface area contributed by atoms with Crippen molar-refractivity contribution in [2.24, 2.45) is 0 Å². The molecule has 1 aromatic carbocycles. The van der Waals surface area contributed by atoms with Crippen LogP contribution in [-0.4, -0.2) is 30.0 Å². The fourth-order valence-corrected chi connectivity index (χ4v) is 1.71. The molecule has 1 aromatic rings. The highest BCUT2D eigenvalue weighted by Crippen LogP contribution is 2.16. The molecule has 0 aliphatic rings. The second-order valence-corrected chi connectivity index (χ2v) is 6.20. The Kier molecular flexibility index (Phi) is 6.27. The molecule has 0 saturated heterocycles. The van der Waals surface area contributed by atoms with E-state index in [4.69, 9.17) is 16.3 Å². The van der Waals surface area contributed by atoms with Gasteiger partial charge in [0.05, 0.1) is 18.3 Å². The van der Waals surface area contributed by atoms with Crippen LogP contribution >= 0.6 is 11.6 Å². The van der Waals surface area contributed by atoms with E-state index in [2.05, 4.69) is 12.2 Å². The van der Waals surface area contributed by atoms with E-state index >= 15 is 0 Å². The van der Waals surface area contributed by atoms with E-state index < -0.39 is 6.10 Å². The third kappa shape index (κ3) is 6.92. The minimum absolute atomic E-state index is 0.168. The van der Waals surface area contributed by atoms with E-state index in [-0.39, 0.29) is 11.6 Å². The van der Waals surface area contributed by atoms with Crippen molar-refractivity contribution in [3.8, 4) is 0 Å². The van der Waals surface area contributed by atoms with E-state index in [1.165, 1.54) is 0 Å². The predicted octanol–water partition coefficient (Wildman–Crippen LogP) is 3.17. The van der Waals surface area contributed by atoms with Crippen molar-refractivity contribution < 1.29 is 9.84 Å². The molecule has 2 atom stereocenters. The highest BCUT2D eigenvalue weighted by atomic mass is 35.5. The van der Waals surface area contributed by atoms with Crippen LogP contribution in [0.15, 0.2) is 24.3 Å². The van der Waals surface area contributed by atoms with Crippen molar-refractivity contribution >= 4 is 11.6 Å². The van der Waals surface area contributed by atoms with Gasteiger partial charge in [0, 0.05) is 17.6 Å². The predicted molar refractivity (Wildman–Crippen MR) is 79.6 cm³/mol. The topological polar surface area (TPSA) is 41.5 Å². The average Bonchev–Trinajstić information content (AvgIpc) is 2.33. The molecule has 0 spiro atoms. The molecule has 2 unspecified atom stereocenters. The first-order chi connectivity index (χ1) is 8.78. The zero-order valence-electron chi connectivity index (χ0n) is 12.1. The van der Waals surface area contributed by atoms with Crippen LogP contribution in [0, 0.1) is 0 Å². The molecule has 2 N–H and O–H groups in total. The zero-order chi connectivity index (χ0) is 14.5. The van der Waals surface area contributed by atoms with Gasteiger partial charge in [-0.15, -0.1) is 0 Å². The van der Waals surface area contributed by atoms with Gasteiger partial charge >= 0.3 is 0 Å². The molecule has 4 heteroatoms. The Bertz CT molecular complexity index is 373. The smallest absolute Gasteiger partial charge is 0.0898 e. The van der Waals surface area contributed by atoms with Crippen LogP contribution in [-0.2, 0) is 4.74 Å². The lowest BCUT2D eigenvalue weighted by molar-refractivity contribution is -0.0482. The second kappa shape index (κ2) is 7.25. The summed E-state index contributed by atoms with van der Waals surface area (Å²) in [5.74, 6) is 0. The summed E-state index contributed by atoms with van der Waals surface area (Å²) in [7, 11) is 0. The Labute approximate surface area is 120 Å². The molecule has 0 heterocycles. The molecule has 0 fully saturated rings. The Morgan fingerprint density at radius 2 is 1.84 bits per heavy atom. The minimum atomic E-state index is -0.506. The third-order valence-electron chi connectivity index (χ3n) is 2.74. The van der Waals surface area contributed by atoms with Crippen molar-refractivity contribution in [3.05, 3.63) is 34.9 Å². The van der Waals surface area contributed by atoms with Gasteiger partial charge in [0.25, 0.3) is 0 Å². The minimum Gasteiger partial charge on any atom is -0.389 e. The maximum absolute atomic E-state index is 9.84. The number of halogens is 1. The summed E-state index contributed by atoms with van der Waals surface area (Å²) in [4.78, 5) is 0. The van der Waals surface area contributed by atoms with Gasteiger partial charge in [-0.2, -0.15) is 0 Å². The molecule has 0 bridgehead atoms. The maximum Gasteiger partial charge on any atom is 0.0898 e. The summed E-state index contributed by atoms with van der Waals surface area (Å²) in [6.07, 6.45) is -0.506. The van der Waals surface area contributed by atoms with Gasteiger partial charge in [-0.3, -0.25) is 0 Å². The molecular formula is C15H24ClNO2. The lowest BCUT2D eigenvalue weighted by Crippen LogP contribution is -2.34. The fraction of sp³-hybridized carbons (Fsp3) is 0.600. The number of aliphatic hydroxyl groups is 1. The summed E-state index contributed by atoms with van der Waals surface area (Å²) < 4.78 is 5.54. The van der Waals surface area contributed by atoms with Gasteiger partial charge < -0.3 is 15.2 Å². The van der Waals surface area contributed by atoms with Gasteiger partial charge in [-0.05, 0) is 45.4 Å². The molecule has 0 amide bonds. The van der Waals surface area contributed by atoms with Crippen LogP contribution in [0.1, 0.15) is 39.3 Å². The number of nitrogens with one attached hydrogen (secondary N) is 1. The first-order valence-electron chi connectivity index (χ1n) is 6.59. The first kappa shape index (κ1) is 16.4. The highest BCUT2D eigenvalue weighted by molar-refractivity contribution is 6.30. The van der Waals surface area contributed by atoms with Gasteiger partial charge in [-0.1, -0.05) is 23.7 Å². The average molecular weight is 286 g/mol. The largest absolute Gasteiger partial charge is 0.389 e. The van der Waals surface area contributed by atoms with E-state index in [9.17, 15) is 5.11 Å². The Balaban J connectivity index is 2.33. The van der Waals surface area contributed by atoms with Crippen LogP contribution in [0.3, 0.4) is 0 Å². The number of ether oxygens (including phenoxy) is 1. The van der Waals surface area contributed by atoms with E-state index in [1.807, 2.05) is 45.0 Å². The third-order valence-corrected chi connectivity index (χ3v) is 2.99. The van der Waals surface area contributed by atoms with Crippen LogP contribution in [0.4, 0.5) is 0 Å². The number of benzene rings is 1.